The minimum atomic E-state index is -1.28. The van der Waals surface area contributed by atoms with Crippen molar-refractivity contribution in [2.45, 2.75) is 71.7 Å². The molecule has 0 fully saturated rings. The van der Waals surface area contributed by atoms with E-state index in [0.29, 0.717) is 12.0 Å². The molecular formula is C30H39FN4O6. The van der Waals surface area contributed by atoms with Crippen molar-refractivity contribution in [3.8, 4) is 0 Å². The molecule has 0 bridgehead atoms. The van der Waals surface area contributed by atoms with Crippen LogP contribution >= 0.6 is 0 Å². The molecule has 5 N–H and O–H groups in total. The third-order valence-electron chi connectivity index (χ3n) is 6.52. The Hall–Kier alpha value is -4.28. The number of carbonyl (C=O) groups excluding carboxylic acids is 5. The molecule has 0 radical (unpaired) electrons. The number of alkyl carbamates (subject to hydrolysis) is 1. The van der Waals surface area contributed by atoms with Crippen LogP contribution in [0.15, 0.2) is 54.6 Å². The molecule has 0 aliphatic heterocycles. The van der Waals surface area contributed by atoms with Crippen molar-refractivity contribution >= 4 is 29.6 Å². The minimum Gasteiger partial charge on any atom is -0.445 e. The van der Waals surface area contributed by atoms with Crippen LogP contribution in [0.3, 0.4) is 0 Å². The predicted molar refractivity (Wildman–Crippen MR) is 151 cm³/mol. The van der Waals surface area contributed by atoms with E-state index in [4.69, 9.17) is 10.5 Å². The fourth-order valence-electron chi connectivity index (χ4n) is 4.06. The van der Waals surface area contributed by atoms with E-state index in [-0.39, 0.29) is 25.4 Å². The Labute approximate surface area is 239 Å². The minimum absolute atomic E-state index is 0.000343. The predicted octanol–water partition coefficient (Wildman–Crippen LogP) is 2.78. The second-order valence-electron chi connectivity index (χ2n) is 10.4. The smallest absolute Gasteiger partial charge is 0.408 e. The quantitative estimate of drug-likeness (QED) is 0.241. The third-order valence-corrected chi connectivity index (χ3v) is 6.52. The van der Waals surface area contributed by atoms with E-state index in [1.807, 2.05) is 19.9 Å². The first kappa shape index (κ1) is 32.9. The fourth-order valence-corrected chi connectivity index (χ4v) is 4.06. The molecule has 41 heavy (non-hydrogen) atoms. The molecular weight excluding hydrogens is 531 g/mol. The lowest BCUT2D eigenvalue weighted by molar-refractivity contribution is -0.142. The molecule has 2 rings (SSSR count). The molecule has 0 saturated heterocycles. The molecule has 0 aliphatic carbocycles. The van der Waals surface area contributed by atoms with Gasteiger partial charge in [0.15, 0.2) is 0 Å². The Morgan fingerprint density at radius 1 is 0.878 bits per heavy atom. The van der Waals surface area contributed by atoms with Crippen LogP contribution in [0, 0.1) is 17.7 Å². The molecule has 0 saturated carbocycles. The van der Waals surface area contributed by atoms with Gasteiger partial charge in [0.05, 0.1) is 6.04 Å². The normalized spacial score (nSPS) is 13.8. The highest BCUT2D eigenvalue weighted by molar-refractivity contribution is 6.39. The fraction of sp³-hybridized carbons (Fsp3) is 0.433. The van der Waals surface area contributed by atoms with Crippen molar-refractivity contribution < 1.29 is 33.1 Å². The summed E-state index contributed by atoms with van der Waals surface area (Å²) in [7, 11) is 0. The maximum Gasteiger partial charge on any atom is 0.408 e. The Bertz CT molecular complexity index is 1210. The summed E-state index contributed by atoms with van der Waals surface area (Å²) in [6, 6.07) is 10.9. The van der Waals surface area contributed by atoms with Crippen molar-refractivity contribution in [1.82, 2.24) is 16.0 Å². The van der Waals surface area contributed by atoms with Crippen LogP contribution in [0.5, 0.6) is 0 Å². The van der Waals surface area contributed by atoms with Gasteiger partial charge in [-0.05, 0) is 41.5 Å². The first-order valence-electron chi connectivity index (χ1n) is 13.6. The molecule has 0 aromatic heterocycles. The van der Waals surface area contributed by atoms with Crippen molar-refractivity contribution in [2.75, 3.05) is 0 Å². The van der Waals surface area contributed by atoms with E-state index in [9.17, 15) is 28.4 Å². The summed E-state index contributed by atoms with van der Waals surface area (Å²) in [5.41, 5.74) is 6.60. The maximum absolute atomic E-state index is 13.6. The van der Waals surface area contributed by atoms with Gasteiger partial charge in [0.25, 0.3) is 5.91 Å². The lowest BCUT2D eigenvalue weighted by Gasteiger charge is -2.27. The Kier molecular flexibility index (Phi) is 12.9. The summed E-state index contributed by atoms with van der Waals surface area (Å²) in [6.45, 7) is 7.21. The van der Waals surface area contributed by atoms with Crippen LogP contribution < -0.4 is 21.7 Å². The Morgan fingerprint density at radius 2 is 1.54 bits per heavy atom. The summed E-state index contributed by atoms with van der Waals surface area (Å²) in [4.78, 5) is 63.9. The lowest BCUT2D eigenvalue weighted by atomic mass is 9.93. The van der Waals surface area contributed by atoms with E-state index in [2.05, 4.69) is 16.0 Å². The van der Waals surface area contributed by atoms with Crippen LogP contribution in [0.2, 0.25) is 0 Å². The highest BCUT2D eigenvalue weighted by Gasteiger charge is 2.35. The zero-order chi connectivity index (χ0) is 30.5. The Balaban J connectivity index is 2.12. The Morgan fingerprint density at radius 3 is 2.12 bits per heavy atom. The number of primary amides is 1. The average Bonchev–Trinajstić information content (AvgIpc) is 2.93. The zero-order valence-electron chi connectivity index (χ0n) is 23.8. The number of nitrogens with two attached hydrogens (primary N) is 1. The summed E-state index contributed by atoms with van der Waals surface area (Å²) in [6.07, 6.45) is -0.246. The summed E-state index contributed by atoms with van der Waals surface area (Å²) >= 11 is 0. The summed E-state index contributed by atoms with van der Waals surface area (Å²) in [5.74, 6) is -4.65. The van der Waals surface area contributed by atoms with Gasteiger partial charge in [-0.2, -0.15) is 0 Å². The molecule has 0 heterocycles. The number of hydrogen-bond acceptors (Lipinski definition) is 6. The van der Waals surface area contributed by atoms with Crippen molar-refractivity contribution in [2.24, 2.45) is 17.6 Å². The number of ketones is 1. The van der Waals surface area contributed by atoms with Gasteiger partial charge in [-0.15, -0.1) is 0 Å². The van der Waals surface area contributed by atoms with E-state index in [0.717, 1.165) is 5.56 Å². The molecule has 1 unspecified atom stereocenters. The number of amides is 4. The van der Waals surface area contributed by atoms with Gasteiger partial charge in [-0.1, -0.05) is 76.6 Å². The van der Waals surface area contributed by atoms with Crippen LogP contribution in [0.4, 0.5) is 9.18 Å². The number of hydrogen-bond donors (Lipinski definition) is 4. The molecule has 0 aliphatic rings. The topological polar surface area (TPSA) is 157 Å². The van der Waals surface area contributed by atoms with Gasteiger partial charge in [-0.3, -0.25) is 19.2 Å². The number of rotatable bonds is 15. The monoisotopic (exact) mass is 570 g/mol. The largest absolute Gasteiger partial charge is 0.445 e. The number of carbonyl (C=O) groups is 5. The highest BCUT2D eigenvalue weighted by Crippen LogP contribution is 2.13. The van der Waals surface area contributed by atoms with Crippen molar-refractivity contribution in [3.63, 3.8) is 0 Å². The van der Waals surface area contributed by atoms with Crippen molar-refractivity contribution in [1.29, 1.82) is 0 Å². The van der Waals surface area contributed by atoms with Gasteiger partial charge >= 0.3 is 6.09 Å². The van der Waals surface area contributed by atoms with E-state index < -0.39 is 59.5 Å². The SMILES string of the molecule is CC[C@H](C)C(NC(=O)[C@H](CC(C)C)NC(=O)OCc1ccccc1)C(=O)C(=O)N[C@@H](Cc1cccc(F)c1)C(N)=O. The third kappa shape index (κ3) is 11.0. The maximum atomic E-state index is 13.6. The molecule has 222 valence electrons. The molecule has 4 amide bonds. The second-order valence-corrected chi connectivity index (χ2v) is 10.4. The van der Waals surface area contributed by atoms with Crippen LogP contribution in [-0.2, 0) is 36.9 Å². The molecule has 0 spiro atoms. The van der Waals surface area contributed by atoms with Gasteiger partial charge in [0.2, 0.25) is 17.6 Å². The van der Waals surface area contributed by atoms with Crippen LogP contribution in [0.25, 0.3) is 0 Å². The molecule has 2 aromatic rings. The number of Topliss-reactive ketones (excluding diaryl/α,β-unsaturated/α-hetero) is 1. The van der Waals surface area contributed by atoms with Crippen LogP contribution in [0.1, 0.15) is 51.7 Å². The number of nitrogens with one attached hydrogen (secondary N) is 3. The molecule has 2 aromatic carbocycles. The number of benzene rings is 2. The van der Waals surface area contributed by atoms with Gasteiger partial charge in [0, 0.05) is 6.42 Å². The number of ether oxygens (including phenoxy) is 1. The summed E-state index contributed by atoms with van der Waals surface area (Å²) in [5, 5.41) is 7.47. The zero-order valence-corrected chi connectivity index (χ0v) is 23.8. The standard InChI is InChI=1S/C30H39FN4O6/c1-5-19(4)25(26(36)29(39)33-23(27(32)37)16-21-12-9-13-22(31)15-21)35-28(38)24(14-18(2)3)34-30(40)41-17-20-10-7-6-8-11-20/h6-13,15,18-19,23-25H,5,14,16-17H2,1-4H3,(H2,32,37)(H,33,39)(H,34,40)(H,35,38)/t19-,23-,24-,25?/m0/s1. The molecule has 4 atom stereocenters. The summed E-state index contributed by atoms with van der Waals surface area (Å²) < 4.78 is 18.8. The van der Waals surface area contributed by atoms with Crippen LogP contribution in [-0.4, -0.2) is 47.7 Å². The molecule has 10 nitrogen and oxygen atoms in total. The second kappa shape index (κ2) is 16.1. The first-order chi connectivity index (χ1) is 19.4. The first-order valence-corrected chi connectivity index (χ1v) is 13.6. The van der Waals surface area contributed by atoms with Gasteiger partial charge < -0.3 is 26.4 Å². The molecule has 11 heteroatoms. The van der Waals surface area contributed by atoms with E-state index >= 15 is 0 Å². The van der Waals surface area contributed by atoms with E-state index in [1.54, 1.807) is 44.2 Å². The van der Waals surface area contributed by atoms with Gasteiger partial charge in [0.1, 0.15) is 24.5 Å². The number of halogens is 1. The lowest BCUT2D eigenvalue weighted by Crippen LogP contribution is -2.57. The highest BCUT2D eigenvalue weighted by atomic mass is 19.1. The van der Waals surface area contributed by atoms with E-state index in [1.165, 1.54) is 18.2 Å². The van der Waals surface area contributed by atoms with Crippen molar-refractivity contribution in [3.05, 3.63) is 71.5 Å². The van der Waals surface area contributed by atoms with Gasteiger partial charge in [-0.25, -0.2) is 9.18 Å². The average molecular weight is 571 g/mol.